The van der Waals surface area contributed by atoms with Gasteiger partial charge in [0.15, 0.2) is 0 Å². The maximum atomic E-state index is 12.9. The number of nitrogens with one attached hydrogen (secondary N) is 1. The molecule has 0 bridgehead atoms. The van der Waals surface area contributed by atoms with E-state index < -0.39 is 12.7 Å². The van der Waals surface area contributed by atoms with Crippen molar-refractivity contribution in [1.82, 2.24) is 14.8 Å². The number of fused-ring (bicyclic) bond motifs is 1. The van der Waals surface area contributed by atoms with Gasteiger partial charge in [-0.1, -0.05) is 56.3 Å². The number of hydrogen-bond donors (Lipinski definition) is 1. The predicted octanol–water partition coefficient (Wildman–Crippen LogP) is 5.06. The Morgan fingerprint density at radius 1 is 1.07 bits per heavy atom. The minimum Gasteiger partial charge on any atom is -0.434 e. The molecule has 7 heteroatoms. The Hall–Kier alpha value is -3.22. The van der Waals surface area contributed by atoms with Gasteiger partial charge in [0.2, 0.25) is 5.95 Å². The van der Waals surface area contributed by atoms with Crippen LogP contribution in [0.1, 0.15) is 42.5 Å². The van der Waals surface area contributed by atoms with Crippen LogP contribution in [0.5, 0.6) is 5.75 Å². The number of para-hydroxylation sites is 1. The van der Waals surface area contributed by atoms with Gasteiger partial charge >= 0.3 is 6.61 Å². The second kappa shape index (κ2) is 7.42. The topological polar surface area (TPSA) is 52.0 Å². The number of rotatable bonds is 5. The minimum atomic E-state index is -2.90. The van der Waals surface area contributed by atoms with Gasteiger partial charge in [-0.25, -0.2) is 4.68 Å². The van der Waals surface area contributed by atoms with E-state index in [0.717, 1.165) is 11.3 Å². The SMILES string of the molecule is CC(C)c1ccc(C2=C[C@@H](c3ccccc3OC(F)F)n3ncnc3N2)cc1. The smallest absolute Gasteiger partial charge is 0.387 e. The lowest BCUT2D eigenvalue weighted by atomic mass is 9.98. The van der Waals surface area contributed by atoms with Crippen LogP contribution in [0.3, 0.4) is 0 Å². The molecule has 5 nitrogen and oxygen atoms in total. The first kappa shape index (κ1) is 18.2. The summed E-state index contributed by atoms with van der Waals surface area (Å²) in [5, 5.41) is 7.52. The molecule has 0 spiro atoms. The number of anilines is 1. The van der Waals surface area contributed by atoms with Gasteiger partial charge in [0.1, 0.15) is 18.1 Å². The zero-order valence-corrected chi connectivity index (χ0v) is 15.5. The summed E-state index contributed by atoms with van der Waals surface area (Å²) in [6, 6.07) is 14.6. The molecule has 0 unspecified atom stereocenters. The summed E-state index contributed by atoms with van der Waals surface area (Å²) in [5.74, 6) is 1.11. The first-order valence-electron chi connectivity index (χ1n) is 9.05. The molecule has 0 fully saturated rings. The van der Waals surface area contributed by atoms with Crippen LogP contribution in [-0.2, 0) is 0 Å². The highest BCUT2D eigenvalue weighted by Gasteiger charge is 2.26. The predicted molar refractivity (Wildman–Crippen MR) is 103 cm³/mol. The quantitative estimate of drug-likeness (QED) is 0.670. The molecule has 1 N–H and O–H groups in total. The summed E-state index contributed by atoms with van der Waals surface area (Å²) < 4.78 is 32.1. The molecule has 0 aliphatic carbocycles. The Balaban J connectivity index is 1.76. The van der Waals surface area contributed by atoms with Crippen LogP contribution in [0.4, 0.5) is 14.7 Å². The van der Waals surface area contributed by atoms with Gasteiger partial charge in [0, 0.05) is 11.3 Å². The molecule has 4 rings (SSSR count). The van der Waals surface area contributed by atoms with E-state index in [2.05, 4.69) is 41.4 Å². The van der Waals surface area contributed by atoms with Crippen LogP contribution in [0.25, 0.3) is 5.70 Å². The van der Waals surface area contributed by atoms with Crippen molar-refractivity contribution in [2.75, 3.05) is 5.32 Å². The molecule has 0 saturated carbocycles. The molecule has 0 amide bonds. The summed E-state index contributed by atoms with van der Waals surface area (Å²) in [4.78, 5) is 4.26. The Labute approximate surface area is 161 Å². The van der Waals surface area contributed by atoms with E-state index >= 15 is 0 Å². The number of halogens is 2. The fourth-order valence-electron chi connectivity index (χ4n) is 3.30. The van der Waals surface area contributed by atoms with E-state index in [4.69, 9.17) is 4.74 Å². The Morgan fingerprint density at radius 3 is 2.54 bits per heavy atom. The highest BCUT2D eigenvalue weighted by atomic mass is 19.3. The van der Waals surface area contributed by atoms with Crippen molar-refractivity contribution in [1.29, 1.82) is 0 Å². The number of benzene rings is 2. The van der Waals surface area contributed by atoms with Crippen molar-refractivity contribution in [3.05, 3.63) is 77.6 Å². The maximum Gasteiger partial charge on any atom is 0.387 e. The molecule has 144 valence electrons. The monoisotopic (exact) mass is 382 g/mol. The third kappa shape index (κ3) is 3.47. The van der Waals surface area contributed by atoms with Gasteiger partial charge in [0.05, 0.1) is 0 Å². The molecule has 2 aromatic carbocycles. The first-order chi connectivity index (χ1) is 13.5. The second-order valence-electron chi connectivity index (χ2n) is 6.87. The van der Waals surface area contributed by atoms with Crippen molar-refractivity contribution in [3.8, 4) is 5.75 Å². The number of ether oxygens (including phenoxy) is 1. The van der Waals surface area contributed by atoms with E-state index in [1.165, 1.54) is 18.0 Å². The van der Waals surface area contributed by atoms with Crippen LogP contribution in [-0.4, -0.2) is 21.4 Å². The highest BCUT2D eigenvalue weighted by molar-refractivity contribution is 5.77. The number of aromatic nitrogens is 3. The van der Waals surface area contributed by atoms with Crippen LogP contribution in [0.15, 0.2) is 60.9 Å². The van der Waals surface area contributed by atoms with Crippen LogP contribution in [0.2, 0.25) is 0 Å². The molecular formula is C21H20F2N4O. The third-order valence-corrected chi connectivity index (χ3v) is 4.75. The standard InChI is InChI=1S/C21H20F2N4O/c1-13(2)14-7-9-15(10-8-14)17-11-18(27-21(26-17)24-12-25-27)16-5-3-4-6-19(16)28-20(22)23/h3-13,18,20H,1-2H3,(H,24,25,26)/t18-/m0/s1. The third-order valence-electron chi connectivity index (χ3n) is 4.75. The zero-order valence-electron chi connectivity index (χ0n) is 15.5. The van der Waals surface area contributed by atoms with Gasteiger partial charge in [-0.05, 0) is 29.2 Å². The van der Waals surface area contributed by atoms with Crippen LogP contribution in [0, 0.1) is 0 Å². The molecular weight excluding hydrogens is 362 g/mol. The average Bonchev–Trinajstić information content (AvgIpc) is 3.16. The fourth-order valence-corrected chi connectivity index (χ4v) is 3.30. The van der Waals surface area contributed by atoms with E-state index in [0.29, 0.717) is 17.4 Å². The molecule has 0 radical (unpaired) electrons. The minimum absolute atomic E-state index is 0.122. The summed E-state index contributed by atoms with van der Waals surface area (Å²) in [6.45, 7) is 1.39. The molecule has 1 aromatic heterocycles. The van der Waals surface area contributed by atoms with Gasteiger partial charge in [-0.2, -0.15) is 18.9 Å². The largest absolute Gasteiger partial charge is 0.434 e. The van der Waals surface area contributed by atoms with Crippen LogP contribution < -0.4 is 10.1 Å². The molecule has 0 saturated heterocycles. The van der Waals surface area contributed by atoms with Crippen molar-refractivity contribution < 1.29 is 13.5 Å². The number of nitrogens with zero attached hydrogens (tertiary/aromatic N) is 3. The highest BCUT2D eigenvalue weighted by Crippen LogP contribution is 2.36. The number of hydrogen-bond acceptors (Lipinski definition) is 4. The average molecular weight is 382 g/mol. The molecule has 1 aliphatic rings. The van der Waals surface area contributed by atoms with E-state index in [-0.39, 0.29) is 5.75 Å². The van der Waals surface area contributed by atoms with E-state index in [9.17, 15) is 8.78 Å². The summed E-state index contributed by atoms with van der Waals surface area (Å²) in [7, 11) is 0. The molecule has 28 heavy (non-hydrogen) atoms. The zero-order chi connectivity index (χ0) is 19.7. The van der Waals surface area contributed by atoms with E-state index in [1.54, 1.807) is 22.9 Å². The van der Waals surface area contributed by atoms with Gasteiger partial charge in [0.25, 0.3) is 0 Å². The molecule has 1 atom stereocenters. The molecule has 3 aromatic rings. The lowest BCUT2D eigenvalue weighted by Gasteiger charge is -2.25. The van der Waals surface area contributed by atoms with E-state index in [1.807, 2.05) is 18.2 Å². The molecule has 1 aliphatic heterocycles. The van der Waals surface area contributed by atoms with Crippen LogP contribution >= 0.6 is 0 Å². The molecule has 2 heterocycles. The number of allylic oxidation sites excluding steroid dienone is 1. The van der Waals surface area contributed by atoms with Crippen molar-refractivity contribution in [3.63, 3.8) is 0 Å². The van der Waals surface area contributed by atoms with Crippen molar-refractivity contribution in [2.45, 2.75) is 32.4 Å². The Morgan fingerprint density at radius 2 is 1.82 bits per heavy atom. The Bertz CT molecular complexity index is 996. The summed E-state index contributed by atoms with van der Waals surface area (Å²) >= 11 is 0. The summed E-state index contributed by atoms with van der Waals surface area (Å²) in [6.07, 6.45) is 3.38. The van der Waals surface area contributed by atoms with Crippen molar-refractivity contribution >= 4 is 11.6 Å². The first-order valence-corrected chi connectivity index (χ1v) is 9.05. The van der Waals surface area contributed by atoms with Gasteiger partial charge < -0.3 is 10.1 Å². The second-order valence-corrected chi connectivity index (χ2v) is 6.87. The lowest BCUT2D eigenvalue weighted by molar-refractivity contribution is -0.0506. The fraction of sp³-hybridized carbons (Fsp3) is 0.238. The Kier molecular flexibility index (Phi) is 4.81. The normalized spacial score (nSPS) is 15.9. The lowest BCUT2D eigenvalue weighted by Crippen LogP contribution is -2.21. The summed E-state index contributed by atoms with van der Waals surface area (Å²) in [5.41, 5.74) is 3.66. The van der Waals surface area contributed by atoms with Gasteiger partial charge in [-0.15, -0.1) is 0 Å². The van der Waals surface area contributed by atoms with Gasteiger partial charge in [-0.3, -0.25) is 0 Å². The number of alkyl halides is 2. The van der Waals surface area contributed by atoms with Crippen molar-refractivity contribution in [2.24, 2.45) is 0 Å². The maximum absolute atomic E-state index is 12.9.